The van der Waals surface area contributed by atoms with E-state index in [1.807, 2.05) is 43.5 Å². The lowest BCUT2D eigenvalue weighted by atomic mass is 10.1. The summed E-state index contributed by atoms with van der Waals surface area (Å²) in [6.07, 6.45) is 5.38. The van der Waals surface area contributed by atoms with Gasteiger partial charge >= 0.3 is 0 Å². The monoisotopic (exact) mass is 287 g/mol. The molecule has 2 aromatic rings. The number of carbonyl (C=O) groups excluding carboxylic acids is 1. The first-order valence-corrected chi connectivity index (χ1v) is 7.22. The van der Waals surface area contributed by atoms with Crippen molar-refractivity contribution in [2.45, 2.75) is 32.2 Å². The Bertz CT molecular complexity index is 549. The van der Waals surface area contributed by atoms with E-state index in [1.165, 1.54) is 0 Å². The predicted molar refractivity (Wildman–Crippen MR) is 81.2 cm³/mol. The smallest absolute Gasteiger partial charge is 0.224 e. The highest BCUT2D eigenvalue weighted by Crippen LogP contribution is 2.09. The van der Waals surface area contributed by atoms with Gasteiger partial charge in [-0.3, -0.25) is 4.79 Å². The maximum absolute atomic E-state index is 12.0. The van der Waals surface area contributed by atoms with Gasteiger partial charge in [0, 0.05) is 25.0 Å². The van der Waals surface area contributed by atoms with Gasteiger partial charge < -0.3 is 10.4 Å². The van der Waals surface area contributed by atoms with Gasteiger partial charge in [-0.1, -0.05) is 19.1 Å². The van der Waals surface area contributed by atoms with Crippen molar-refractivity contribution in [3.8, 4) is 5.69 Å². The fourth-order valence-corrected chi connectivity index (χ4v) is 2.19. The van der Waals surface area contributed by atoms with Gasteiger partial charge in [0.15, 0.2) is 0 Å². The standard InChI is InChI=1S/C16H21N3O2/c1-2-14(8-11-20)18-16(21)12-13-4-6-15(7-5-13)19-10-3-9-17-19/h3-7,9-10,14,20H,2,8,11-12H2,1H3,(H,18,21). The van der Waals surface area contributed by atoms with Gasteiger partial charge in [0.05, 0.1) is 12.1 Å². The summed E-state index contributed by atoms with van der Waals surface area (Å²) in [4.78, 5) is 12.0. The van der Waals surface area contributed by atoms with Crippen molar-refractivity contribution in [3.63, 3.8) is 0 Å². The number of carbonyl (C=O) groups is 1. The van der Waals surface area contributed by atoms with Crippen LogP contribution in [-0.4, -0.2) is 33.4 Å². The molecule has 1 aromatic heterocycles. The first kappa shape index (κ1) is 15.3. The molecule has 5 heteroatoms. The first-order valence-electron chi connectivity index (χ1n) is 7.22. The Morgan fingerprint density at radius 1 is 1.38 bits per heavy atom. The predicted octanol–water partition coefficient (Wildman–Crippen LogP) is 1.69. The van der Waals surface area contributed by atoms with E-state index < -0.39 is 0 Å². The molecule has 1 heterocycles. The topological polar surface area (TPSA) is 67.2 Å². The van der Waals surface area contributed by atoms with E-state index in [1.54, 1.807) is 10.9 Å². The van der Waals surface area contributed by atoms with Crippen LogP contribution < -0.4 is 5.32 Å². The SMILES string of the molecule is CCC(CCO)NC(=O)Cc1ccc(-n2cccn2)cc1. The Kier molecular flexibility index (Phi) is 5.51. The zero-order valence-corrected chi connectivity index (χ0v) is 12.2. The second kappa shape index (κ2) is 7.59. The molecule has 1 amide bonds. The molecule has 0 saturated carbocycles. The van der Waals surface area contributed by atoms with Crippen molar-refractivity contribution < 1.29 is 9.90 Å². The van der Waals surface area contributed by atoms with Gasteiger partial charge in [-0.15, -0.1) is 0 Å². The lowest BCUT2D eigenvalue weighted by Gasteiger charge is -2.15. The molecule has 0 spiro atoms. The second-order valence-electron chi connectivity index (χ2n) is 4.98. The van der Waals surface area contributed by atoms with Crippen molar-refractivity contribution in [1.29, 1.82) is 0 Å². The fourth-order valence-electron chi connectivity index (χ4n) is 2.19. The minimum absolute atomic E-state index is 0.0119. The highest BCUT2D eigenvalue weighted by atomic mass is 16.3. The molecule has 0 radical (unpaired) electrons. The molecule has 0 fully saturated rings. The zero-order valence-electron chi connectivity index (χ0n) is 12.2. The lowest BCUT2D eigenvalue weighted by molar-refractivity contribution is -0.121. The lowest BCUT2D eigenvalue weighted by Crippen LogP contribution is -2.36. The molecule has 0 aliphatic carbocycles. The maximum Gasteiger partial charge on any atom is 0.224 e. The average molecular weight is 287 g/mol. The van der Waals surface area contributed by atoms with Crippen LogP contribution in [0.1, 0.15) is 25.3 Å². The van der Waals surface area contributed by atoms with Crippen molar-refractivity contribution in [2.24, 2.45) is 0 Å². The Morgan fingerprint density at radius 3 is 2.71 bits per heavy atom. The van der Waals surface area contributed by atoms with Gasteiger partial charge in [0.1, 0.15) is 0 Å². The Hall–Kier alpha value is -2.14. The third kappa shape index (κ3) is 4.43. The van der Waals surface area contributed by atoms with Crippen LogP contribution in [-0.2, 0) is 11.2 Å². The van der Waals surface area contributed by atoms with Crippen molar-refractivity contribution in [3.05, 3.63) is 48.3 Å². The summed E-state index contributed by atoms with van der Waals surface area (Å²) < 4.78 is 1.78. The number of aromatic nitrogens is 2. The molecule has 1 unspecified atom stereocenters. The van der Waals surface area contributed by atoms with Crippen molar-refractivity contribution in [2.75, 3.05) is 6.61 Å². The number of hydrogen-bond donors (Lipinski definition) is 2. The summed E-state index contributed by atoms with van der Waals surface area (Å²) in [5.41, 5.74) is 1.93. The van der Waals surface area contributed by atoms with Crippen LogP contribution in [0.4, 0.5) is 0 Å². The minimum Gasteiger partial charge on any atom is -0.396 e. The van der Waals surface area contributed by atoms with E-state index in [4.69, 9.17) is 5.11 Å². The van der Waals surface area contributed by atoms with Crippen molar-refractivity contribution in [1.82, 2.24) is 15.1 Å². The van der Waals surface area contributed by atoms with Crippen LogP contribution in [0, 0.1) is 0 Å². The summed E-state index contributed by atoms with van der Waals surface area (Å²) in [6, 6.07) is 9.67. The average Bonchev–Trinajstić information content (AvgIpc) is 3.01. The quantitative estimate of drug-likeness (QED) is 0.814. The summed E-state index contributed by atoms with van der Waals surface area (Å²) in [5, 5.41) is 16.0. The zero-order chi connectivity index (χ0) is 15.1. The highest BCUT2D eigenvalue weighted by molar-refractivity contribution is 5.78. The van der Waals surface area contributed by atoms with Gasteiger partial charge in [-0.25, -0.2) is 4.68 Å². The molecule has 112 valence electrons. The van der Waals surface area contributed by atoms with Crippen LogP contribution in [0.25, 0.3) is 5.69 Å². The molecule has 1 aromatic carbocycles. The molecule has 2 N–H and O–H groups in total. The molecule has 0 aliphatic heterocycles. The van der Waals surface area contributed by atoms with Crippen LogP contribution in [0.15, 0.2) is 42.7 Å². The highest BCUT2D eigenvalue weighted by Gasteiger charge is 2.10. The number of aliphatic hydroxyl groups is 1. The van der Waals surface area contributed by atoms with Crippen molar-refractivity contribution >= 4 is 5.91 Å². The molecular formula is C16H21N3O2. The molecule has 2 rings (SSSR count). The van der Waals surface area contributed by atoms with E-state index in [-0.39, 0.29) is 18.6 Å². The third-order valence-corrected chi connectivity index (χ3v) is 3.41. The van der Waals surface area contributed by atoms with E-state index >= 15 is 0 Å². The van der Waals surface area contributed by atoms with E-state index in [2.05, 4.69) is 10.4 Å². The van der Waals surface area contributed by atoms with Gasteiger partial charge in [0.25, 0.3) is 0 Å². The fraction of sp³-hybridized carbons (Fsp3) is 0.375. The van der Waals surface area contributed by atoms with Gasteiger partial charge in [-0.05, 0) is 36.6 Å². The Labute approximate surface area is 124 Å². The molecule has 0 saturated heterocycles. The van der Waals surface area contributed by atoms with E-state index in [0.717, 1.165) is 17.7 Å². The van der Waals surface area contributed by atoms with E-state index in [9.17, 15) is 4.79 Å². The second-order valence-corrected chi connectivity index (χ2v) is 4.98. The van der Waals surface area contributed by atoms with Gasteiger partial charge in [0.2, 0.25) is 5.91 Å². The molecule has 0 bridgehead atoms. The minimum atomic E-state index is -0.0119. The molecule has 5 nitrogen and oxygen atoms in total. The van der Waals surface area contributed by atoms with Gasteiger partial charge in [-0.2, -0.15) is 5.10 Å². The number of aliphatic hydroxyl groups excluding tert-OH is 1. The number of benzene rings is 1. The Morgan fingerprint density at radius 2 is 2.14 bits per heavy atom. The maximum atomic E-state index is 12.0. The molecular weight excluding hydrogens is 266 g/mol. The number of nitrogens with one attached hydrogen (secondary N) is 1. The molecule has 21 heavy (non-hydrogen) atoms. The summed E-state index contributed by atoms with van der Waals surface area (Å²) in [6.45, 7) is 2.09. The summed E-state index contributed by atoms with van der Waals surface area (Å²) in [5.74, 6) is -0.0119. The molecule has 0 aliphatic rings. The Balaban J connectivity index is 1.92. The molecule has 1 atom stereocenters. The number of hydrogen-bond acceptors (Lipinski definition) is 3. The largest absolute Gasteiger partial charge is 0.396 e. The third-order valence-electron chi connectivity index (χ3n) is 3.41. The van der Waals surface area contributed by atoms with E-state index in [0.29, 0.717) is 12.8 Å². The first-order chi connectivity index (χ1) is 10.2. The van der Waals surface area contributed by atoms with Crippen LogP contribution >= 0.6 is 0 Å². The van der Waals surface area contributed by atoms with Crippen LogP contribution in [0.2, 0.25) is 0 Å². The number of amides is 1. The number of nitrogens with zero attached hydrogens (tertiary/aromatic N) is 2. The normalized spacial score (nSPS) is 12.1. The summed E-state index contributed by atoms with van der Waals surface area (Å²) in [7, 11) is 0. The number of rotatable bonds is 7. The van der Waals surface area contributed by atoms with Crippen LogP contribution in [0.3, 0.4) is 0 Å². The van der Waals surface area contributed by atoms with Crippen LogP contribution in [0.5, 0.6) is 0 Å². The summed E-state index contributed by atoms with van der Waals surface area (Å²) >= 11 is 0.